The maximum absolute atomic E-state index is 10.5. The summed E-state index contributed by atoms with van der Waals surface area (Å²) in [5, 5.41) is 17.2. The molecule has 0 amide bonds. The summed E-state index contributed by atoms with van der Waals surface area (Å²) >= 11 is 1.72. The van der Waals surface area contributed by atoms with Crippen molar-refractivity contribution < 1.29 is 19.8 Å². The van der Waals surface area contributed by atoms with Gasteiger partial charge in [0.25, 0.3) is 0 Å². The zero-order valence-electron chi connectivity index (χ0n) is 12.3. The lowest BCUT2D eigenvalue weighted by Gasteiger charge is -2.00. The fourth-order valence-electron chi connectivity index (χ4n) is 2.20. The molecular formula is C16H24O4S. The quantitative estimate of drug-likeness (QED) is 0.569. The minimum absolute atomic E-state index is 0.205. The van der Waals surface area contributed by atoms with Crippen LogP contribution >= 0.6 is 11.3 Å². The lowest BCUT2D eigenvalue weighted by Crippen LogP contribution is -1.95. The normalized spacial score (nSPS) is 10.7. The lowest BCUT2D eigenvalue weighted by atomic mass is 10.1. The van der Waals surface area contributed by atoms with Crippen molar-refractivity contribution in [2.75, 3.05) is 0 Å². The maximum Gasteiger partial charge on any atom is 0.303 e. The van der Waals surface area contributed by atoms with Crippen LogP contribution in [0.4, 0.5) is 0 Å². The zero-order valence-corrected chi connectivity index (χ0v) is 13.2. The van der Waals surface area contributed by atoms with Crippen LogP contribution in [-0.2, 0) is 22.4 Å². The highest BCUT2D eigenvalue weighted by Crippen LogP contribution is 2.20. The van der Waals surface area contributed by atoms with E-state index < -0.39 is 11.9 Å². The zero-order chi connectivity index (χ0) is 15.5. The van der Waals surface area contributed by atoms with Crippen LogP contribution in [0.25, 0.3) is 0 Å². The van der Waals surface area contributed by atoms with Gasteiger partial charge in [-0.15, -0.1) is 11.3 Å². The van der Waals surface area contributed by atoms with Crippen LogP contribution in [0.1, 0.15) is 61.1 Å². The molecule has 1 rings (SSSR count). The van der Waals surface area contributed by atoms with Crippen molar-refractivity contribution >= 4 is 23.3 Å². The van der Waals surface area contributed by atoms with Gasteiger partial charge in [0.05, 0.1) is 6.42 Å². The predicted octanol–water partition coefficient (Wildman–Crippen LogP) is 4.12. The Kier molecular flexibility index (Phi) is 8.74. The van der Waals surface area contributed by atoms with Crippen LogP contribution in [0.5, 0.6) is 0 Å². The molecule has 2 N–H and O–H groups in total. The Morgan fingerprint density at radius 3 is 1.90 bits per heavy atom. The molecule has 1 heterocycles. The maximum atomic E-state index is 10.5. The first-order valence-electron chi connectivity index (χ1n) is 7.59. The molecule has 0 fully saturated rings. The molecular weight excluding hydrogens is 288 g/mol. The Hall–Kier alpha value is -1.36. The number of carbonyl (C=O) groups is 2. The number of carboxylic acids is 2. The van der Waals surface area contributed by atoms with Gasteiger partial charge in [-0.25, -0.2) is 0 Å². The standard InChI is InChI=1S/C16H24O4S/c17-15(18)8-6-4-2-1-3-5-7-13-9-10-14(21-13)11-12-16(19)20/h9-10H,1-8,11-12H2,(H,17,18)(H,19,20). The molecule has 0 aliphatic rings. The molecule has 0 aliphatic heterocycles. The van der Waals surface area contributed by atoms with Crippen molar-refractivity contribution in [1.82, 2.24) is 0 Å². The second kappa shape index (κ2) is 10.4. The molecule has 1 aromatic rings. The van der Waals surface area contributed by atoms with Gasteiger partial charge in [-0.2, -0.15) is 0 Å². The molecule has 0 atom stereocenters. The van der Waals surface area contributed by atoms with E-state index in [4.69, 9.17) is 10.2 Å². The van der Waals surface area contributed by atoms with Crippen molar-refractivity contribution in [2.45, 2.75) is 64.2 Å². The van der Waals surface area contributed by atoms with Gasteiger partial charge < -0.3 is 10.2 Å². The second-order valence-corrected chi connectivity index (χ2v) is 6.53. The summed E-state index contributed by atoms with van der Waals surface area (Å²) < 4.78 is 0. The van der Waals surface area contributed by atoms with E-state index >= 15 is 0 Å². The van der Waals surface area contributed by atoms with Crippen LogP contribution in [0.15, 0.2) is 12.1 Å². The Labute approximate surface area is 129 Å². The van der Waals surface area contributed by atoms with Gasteiger partial charge in [0.15, 0.2) is 0 Å². The van der Waals surface area contributed by atoms with E-state index in [-0.39, 0.29) is 12.8 Å². The Morgan fingerprint density at radius 1 is 0.762 bits per heavy atom. The van der Waals surface area contributed by atoms with Crippen molar-refractivity contribution in [3.63, 3.8) is 0 Å². The lowest BCUT2D eigenvalue weighted by molar-refractivity contribution is -0.138. The first-order valence-corrected chi connectivity index (χ1v) is 8.41. The van der Waals surface area contributed by atoms with Crippen molar-refractivity contribution in [3.05, 3.63) is 21.9 Å². The number of hydrogen-bond donors (Lipinski definition) is 2. The summed E-state index contributed by atoms with van der Waals surface area (Å²) in [5.41, 5.74) is 0. The number of rotatable bonds is 12. The molecule has 0 saturated carbocycles. The van der Waals surface area contributed by atoms with E-state index in [0.717, 1.165) is 43.4 Å². The third kappa shape index (κ3) is 9.24. The number of aliphatic carboxylic acids is 2. The number of thiophene rings is 1. The molecule has 0 bridgehead atoms. The molecule has 0 unspecified atom stereocenters. The number of hydrogen-bond acceptors (Lipinski definition) is 3. The van der Waals surface area contributed by atoms with Crippen LogP contribution in [0.2, 0.25) is 0 Å². The minimum Gasteiger partial charge on any atom is -0.481 e. The summed E-state index contributed by atoms with van der Waals surface area (Å²) in [6.07, 6.45) is 8.57. The molecule has 0 radical (unpaired) electrons. The van der Waals surface area contributed by atoms with Gasteiger partial charge in [-0.1, -0.05) is 25.7 Å². The highest BCUT2D eigenvalue weighted by Gasteiger charge is 2.03. The van der Waals surface area contributed by atoms with Crippen molar-refractivity contribution in [1.29, 1.82) is 0 Å². The first-order chi connectivity index (χ1) is 10.1. The molecule has 5 heteroatoms. The number of carboxylic acid groups (broad SMARTS) is 2. The first kappa shape index (κ1) is 17.7. The SMILES string of the molecule is O=C(O)CCCCCCCCc1ccc(CCC(=O)O)s1. The summed E-state index contributed by atoms with van der Waals surface area (Å²) in [5.74, 6) is -1.45. The predicted molar refractivity (Wildman–Crippen MR) is 83.9 cm³/mol. The van der Waals surface area contributed by atoms with E-state index in [1.54, 1.807) is 11.3 Å². The highest BCUT2D eigenvalue weighted by molar-refractivity contribution is 7.11. The van der Waals surface area contributed by atoms with Crippen LogP contribution in [-0.4, -0.2) is 22.2 Å². The van der Waals surface area contributed by atoms with Crippen LogP contribution < -0.4 is 0 Å². The fourth-order valence-corrected chi connectivity index (χ4v) is 3.26. The third-order valence-corrected chi connectivity index (χ3v) is 4.57. The van der Waals surface area contributed by atoms with E-state index in [1.165, 1.54) is 11.3 Å². The molecule has 0 aromatic carbocycles. The molecule has 4 nitrogen and oxygen atoms in total. The molecule has 118 valence electrons. The summed E-state index contributed by atoms with van der Waals surface area (Å²) in [7, 11) is 0. The minimum atomic E-state index is -0.743. The molecule has 1 aromatic heterocycles. The van der Waals surface area contributed by atoms with Gasteiger partial charge in [-0.05, 0) is 37.8 Å². The Morgan fingerprint density at radius 2 is 1.29 bits per heavy atom. The average molecular weight is 312 g/mol. The average Bonchev–Trinajstić information content (AvgIpc) is 2.87. The summed E-state index contributed by atoms with van der Waals surface area (Å²) in [6, 6.07) is 4.14. The number of aryl methyl sites for hydroxylation is 2. The van der Waals surface area contributed by atoms with Gasteiger partial charge >= 0.3 is 11.9 Å². The smallest absolute Gasteiger partial charge is 0.303 e. The monoisotopic (exact) mass is 312 g/mol. The molecule has 0 spiro atoms. The van der Waals surface area contributed by atoms with Gasteiger partial charge in [0.1, 0.15) is 0 Å². The highest BCUT2D eigenvalue weighted by atomic mass is 32.1. The van der Waals surface area contributed by atoms with E-state index in [0.29, 0.717) is 6.42 Å². The number of unbranched alkanes of at least 4 members (excludes halogenated alkanes) is 5. The third-order valence-electron chi connectivity index (χ3n) is 3.37. The van der Waals surface area contributed by atoms with E-state index in [1.807, 2.05) is 6.07 Å². The fraction of sp³-hybridized carbons (Fsp3) is 0.625. The summed E-state index contributed by atoms with van der Waals surface area (Å²) in [4.78, 5) is 23.3. The molecule has 0 saturated heterocycles. The Bertz CT molecular complexity index is 439. The molecule has 0 aliphatic carbocycles. The largest absolute Gasteiger partial charge is 0.481 e. The van der Waals surface area contributed by atoms with E-state index in [9.17, 15) is 9.59 Å². The van der Waals surface area contributed by atoms with Gasteiger partial charge in [0.2, 0.25) is 0 Å². The van der Waals surface area contributed by atoms with E-state index in [2.05, 4.69) is 6.07 Å². The summed E-state index contributed by atoms with van der Waals surface area (Å²) in [6.45, 7) is 0. The van der Waals surface area contributed by atoms with Crippen molar-refractivity contribution in [2.24, 2.45) is 0 Å². The van der Waals surface area contributed by atoms with Gasteiger partial charge in [0, 0.05) is 16.2 Å². The van der Waals surface area contributed by atoms with Crippen LogP contribution in [0.3, 0.4) is 0 Å². The Balaban J connectivity index is 2.02. The second-order valence-electron chi connectivity index (χ2n) is 5.28. The van der Waals surface area contributed by atoms with Gasteiger partial charge in [-0.3, -0.25) is 9.59 Å². The van der Waals surface area contributed by atoms with Crippen LogP contribution in [0, 0.1) is 0 Å². The van der Waals surface area contributed by atoms with Crippen molar-refractivity contribution in [3.8, 4) is 0 Å². The topological polar surface area (TPSA) is 74.6 Å². The molecule has 21 heavy (non-hydrogen) atoms.